The van der Waals surface area contributed by atoms with Crippen LogP contribution in [0, 0.1) is 5.92 Å². The molecular weight excluding hydrogens is 353 g/mol. The molecule has 0 radical (unpaired) electrons. The summed E-state index contributed by atoms with van der Waals surface area (Å²) in [6, 6.07) is 9.85. The van der Waals surface area contributed by atoms with Crippen LogP contribution in [-0.2, 0) is 15.3 Å². The van der Waals surface area contributed by atoms with Crippen LogP contribution >= 0.6 is 11.8 Å². The summed E-state index contributed by atoms with van der Waals surface area (Å²) in [6.45, 7) is -0.481. The minimum atomic E-state index is -4.40. The van der Waals surface area contributed by atoms with E-state index in [4.69, 9.17) is 0 Å². The number of piperidine rings is 1. The van der Waals surface area contributed by atoms with Crippen molar-refractivity contribution in [1.82, 2.24) is 10.2 Å². The van der Waals surface area contributed by atoms with Crippen LogP contribution < -0.4 is 5.32 Å². The number of benzene rings is 1. The van der Waals surface area contributed by atoms with E-state index in [2.05, 4.69) is 0 Å². The van der Waals surface area contributed by atoms with Gasteiger partial charge in [-0.1, -0.05) is 30.3 Å². The van der Waals surface area contributed by atoms with Gasteiger partial charge in [0.15, 0.2) is 0 Å². The molecule has 0 atom stereocenters. The smallest absolute Gasteiger partial charge is 0.347 e. The summed E-state index contributed by atoms with van der Waals surface area (Å²) in [4.78, 5) is 25.6. The second-order valence-electron chi connectivity index (χ2n) is 5.97. The van der Waals surface area contributed by atoms with Crippen molar-refractivity contribution in [3.8, 4) is 0 Å². The second kappa shape index (κ2) is 9.12. The van der Waals surface area contributed by atoms with Crippen molar-refractivity contribution in [3.05, 3.63) is 35.9 Å². The molecule has 1 heterocycles. The predicted molar refractivity (Wildman–Crippen MR) is 91.0 cm³/mol. The standard InChI is InChI=1S/C17H21F3N2O2S/c18-17(19,20)12-21-16(24)14-6-8-22(9-7-14)15(23)11-25-10-13-4-2-1-3-5-13/h1-5,14H,6-12H2,(H,21,24). The Labute approximate surface area is 149 Å². The lowest BCUT2D eigenvalue weighted by atomic mass is 9.96. The van der Waals surface area contributed by atoms with E-state index in [0.29, 0.717) is 31.7 Å². The molecule has 2 rings (SSSR count). The summed E-state index contributed by atoms with van der Waals surface area (Å²) in [6.07, 6.45) is -3.60. The fourth-order valence-corrected chi connectivity index (χ4v) is 3.53. The highest BCUT2D eigenvalue weighted by Gasteiger charge is 2.31. The van der Waals surface area contributed by atoms with E-state index >= 15 is 0 Å². The average Bonchev–Trinajstić information content (AvgIpc) is 2.60. The van der Waals surface area contributed by atoms with Gasteiger partial charge in [0.2, 0.25) is 11.8 Å². The third-order valence-electron chi connectivity index (χ3n) is 4.02. The van der Waals surface area contributed by atoms with E-state index < -0.39 is 24.5 Å². The predicted octanol–water partition coefficient (Wildman–Crippen LogP) is 2.84. The van der Waals surface area contributed by atoms with Crippen LogP contribution in [0.4, 0.5) is 13.2 Å². The first-order chi connectivity index (χ1) is 11.8. The molecule has 1 aliphatic rings. The first-order valence-corrected chi connectivity index (χ1v) is 9.24. The van der Waals surface area contributed by atoms with E-state index in [1.165, 1.54) is 11.8 Å². The Balaban J connectivity index is 1.67. The number of carbonyl (C=O) groups excluding carboxylic acids is 2. The van der Waals surface area contributed by atoms with Gasteiger partial charge in [0.1, 0.15) is 6.54 Å². The molecule has 1 aliphatic heterocycles. The molecule has 1 aromatic carbocycles. The number of likely N-dealkylation sites (tertiary alicyclic amines) is 1. The molecule has 1 fully saturated rings. The minimum absolute atomic E-state index is 0.00933. The maximum atomic E-state index is 12.2. The Kier molecular flexibility index (Phi) is 7.16. The van der Waals surface area contributed by atoms with Crippen LogP contribution in [0.25, 0.3) is 0 Å². The zero-order valence-electron chi connectivity index (χ0n) is 13.7. The second-order valence-corrected chi connectivity index (χ2v) is 6.95. The summed E-state index contributed by atoms with van der Waals surface area (Å²) in [5.41, 5.74) is 1.15. The molecule has 2 amide bonds. The van der Waals surface area contributed by atoms with E-state index in [1.54, 1.807) is 4.90 Å². The van der Waals surface area contributed by atoms with Gasteiger partial charge in [-0.15, -0.1) is 11.8 Å². The molecule has 25 heavy (non-hydrogen) atoms. The monoisotopic (exact) mass is 374 g/mol. The maximum Gasteiger partial charge on any atom is 0.405 e. The fraction of sp³-hybridized carbons (Fsp3) is 0.529. The van der Waals surface area contributed by atoms with Crippen molar-refractivity contribution in [2.75, 3.05) is 25.4 Å². The van der Waals surface area contributed by atoms with Crippen LogP contribution in [0.15, 0.2) is 30.3 Å². The molecule has 1 saturated heterocycles. The molecule has 0 aliphatic carbocycles. The third-order valence-corrected chi connectivity index (χ3v) is 5.01. The number of carbonyl (C=O) groups is 2. The molecular formula is C17H21F3N2O2S. The van der Waals surface area contributed by atoms with Crippen molar-refractivity contribution >= 4 is 23.6 Å². The zero-order chi connectivity index (χ0) is 18.3. The number of thioether (sulfide) groups is 1. The van der Waals surface area contributed by atoms with Gasteiger partial charge in [-0.25, -0.2) is 0 Å². The van der Waals surface area contributed by atoms with Crippen LogP contribution in [0.5, 0.6) is 0 Å². The summed E-state index contributed by atoms with van der Waals surface area (Å²) in [7, 11) is 0. The summed E-state index contributed by atoms with van der Waals surface area (Å²) in [5, 5.41) is 1.92. The minimum Gasteiger partial charge on any atom is -0.347 e. The summed E-state index contributed by atoms with van der Waals surface area (Å²) < 4.78 is 36.4. The first kappa shape index (κ1) is 19.6. The summed E-state index contributed by atoms with van der Waals surface area (Å²) >= 11 is 1.53. The fourth-order valence-electron chi connectivity index (χ4n) is 2.64. The van der Waals surface area contributed by atoms with Gasteiger partial charge < -0.3 is 10.2 Å². The lowest BCUT2D eigenvalue weighted by Gasteiger charge is -2.31. The van der Waals surface area contributed by atoms with Crippen molar-refractivity contribution in [2.45, 2.75) is 24.8 Å². The number of alkyl halides is 3. The van der Waals surface area contributed by atoms with Crippen LogP contribution in [0.3, 0.4) is 0 Å². The van der Waals surface area contributed by atoms with E-state index in [-0.39, 0.29) is 5.91 Å². The van der Waals surface area contributed by atoms with Crippen LogP contribution in [-0.4, -0.2) is 48.3 Å². The number of hydrogen-bond acceptors (Lipinski definition) is 3. The molecule has 0 unspecified atom stereocenters. The van der Waals surface area contributed by atoms with Gasteiger partial charge in [-0.2, -0.15) is 13.2 Å². The van der Waals surface area contributed by atoms with Gasteiger partial charge in [0, 0.05) is 24.8 Å². The number of nitrogens with zero attached hydrogens (tertiary/aromatic N) is 1. The van der Waals surface area contributed by atoms with Gasteiger partial charge in [-0.05, 0) is 18.4 Å². The summed E-state index contributed by atoms with van der Waals surface area (Å²) in [5.74, 6) is 0.0873. The molecule has 0 bridgehead atoms. The molecule has 8 heteroatoms. The first-order valence-electron chi connectivity index (χ1n) is 8.09. The Hall–Kier alpha value is -1.70. The number of amides is 2. The molecule has 0 saturated carbocycles. The molecule has 138 valence electrons. The Morgan fingerprint density at radius 2 is 1.80 bits per heavy atom. The van der Waals surface area contributed by atoms with Gasteiger partial charge in [0.25, 0.3) is 0 Å². The molecule has 0 spiro atoms. The quantitative estimate of drug-likeness (QED) is 0.833. The number of hydrogen-bond donors (Lipinski definition) is 1. The van der Waals surface area contributed by atoms with Crippen molar-refractivity contribution in [1.29, 1.82) is 0 Å². The number of rotatable bonds is 6. The molecule has 1 aromatic rings. The highest BCUT2D eigenvalue weighted by molar-refractivity contribution is 7.99. The number of halogens is 3. The molecule has 0 aromatic heterocycles. The lowest BCUT2D eigenvalue weighted by molar-refractivity contribution is -0.142. The molecule has 4 nitrogen and oxygen atoms in total. The van der Waals surface area contributed by atoms with Crippen LogP contribution in [0.2, 0.25) is 0 Å². The Bertz CT molecular complexity index is 573. The topological polar surface area (TPSA) is 49.4 Å². The SMILES string of the molecule is O=C(NCC(F)(F)F)C1CCN(C(=O)CSCc2ccccc2)CC1. The zero-order valence-corrected chi connectivity index (χ0v) is 14.5. The highest BCUT2D eigenvalue weighted by atomic mass is 32.2. The Morgan fingerprint density at radius 3 is 2.40 bits per heavy atom. The van der Waals surface area contributed by atoms with E-state index in [9.17, 15) is 22.8 Å². The third kappa shape index (κ3) is 6.97. The van der Waals surface area contributed by atoms with Gasteiger partial charge >= 0.3 is 6.18 Å². The van der Waals surface area contributed by atoms with Crippen LogP contribution in [0.1, 0.15) is 18.4 Å². The number of nitrogens with one attached hydrogen (secondary N) is 1. The van der Waals surface area contributed by atoms with Crippen molar-refractivity contribution in [2.24, 2.45) is 5.92 Å². The van der Waals surface area contributed by atoms with E-state index in [1.807, 2.05) is 35.6 Å². The Morgan fingerprint density at radius 1 is 1.16 bits per heavy atom. The van der Waals surface area contributed by atoms with Gasteiger partial charge in [-0.3, -0.25) is 9.59 Å². The van der Waals surface area contributed by atoms with E-state index in [0.717, 1.165) is 11.3 Å². The van der Waals surface area contributed by atoms with Crippen molar-refractivity contribution < 1.29 is 22.8 Å². The van der Waals surface area contributed by atoms with Gasteiger partial charge in [0.05, 0.1) is 5.75 Å². The average molecular weight is 374 g/mol. The highest BCUT2D eigenvalue weighted by Crippen LogP contribution is 2.20. The maximum absolute atomic E-state index is 12.2. The lowest BCUT2D eigenvalue weighted by Crippen LogP contribution is -2.45. The van der Waals surface area contributed by atoms with Crippen molar-refractivity contribution in [3.63, 3.8) is 0 Å². The molecule has 1 N–H and O–H groups in total. The largest absolute Gasteiger partial charge is 0.405 e. The normalized spacial score (nSPS) is 15.9.